The molecule has 2 aliphatic rings. The molecule has 0 radical (unpaired) electrons. The van der Waals surface area contributed by atoms with Gasteiger partial charge in [-0.15, -0.1) is 0 Å². The summed E-state index contributed by atoms with van der Waals surface area (Å²) in [5.74, 6) is 0.216. The summed E-state index contributed by atoms with van der Waals surface area (Å²) < 4.78 is 70.1. The molecule has 0 spiro atoms. The van der Waals surface area contributed by atoms with Crippen molar-refractivity contribution in [3.63, 3.8) is 0 Å². The van der Waals surface area contributed by atoms with Crippen molar-refractivity contribution in [3.8, 4) is 11.5 Å². The second kappa shape index (κ2) is 11.8. The number of carbonyl (C=O) groups is 1. The third-order valence-corrected chi connectivity index (χ3v) is 10.0. The van der Waals surface area contributed by atoms with Crippen molar-refractivity contribution in [1.82, 2.24) is 13.9 Å². The number of rotatable bonds is 10. The Kier molecular flexibility index (Phi) is 8.70. The Labute approximate surface area is 217 Å². The molecule has 0 aromatic heterocycles. The van der Waals surface area contributed by atoms with Crippen LogP contribution in [0.15, 0.2) is 52.3 Å². The summed E-state index contributed by atoms with van der Waals surface area (Å²) in [6, 6.07) is 10.3. The van der Waals surface area contributed by atoms with E-state index in [9.17, 15) is 21.6 Å². The van der Waals surface area contributed by atoms with Crippen LogP contribution in [0, 0.1) is 0 Å². The molecule has 0 saturated carbocycles. The number of amides is 1. The van der Waals surface area contributed by atoms with E-state index >= 15 is 0 Å². The van der Waals surface area contributed by atoms with E-state index in [1.165, 1.54) is 46.1 Å². The highest BCUT2D eigenvalue weighted by Crippen LogP contribution is 2.26. The van der Waals surface area contributed by atoms with Crippen LogP contribution in [0.4, 0.5) is 0 Å². The summed E-state index contributed by atoms with van der Waals surface area (Å²) in [7, 11) is -5.86. The van der Waals surface area contributed by atoms with Crippen LogP contribution in [0.3, 0.4) is 0 Å². The topological polar surface area (TPSA) is 132 Å². The zero-order chi connectivity index (χ0) is 26.5. The summed E-state index contributed by atoms with van der Waals surface area (Å²) in [5.41, 5.74) is 0.112. The number of hydrogen-bond donors (Lipinski definition) is 1. The van der Waals surface area contributed by atoms with Crippen LogP contribution >= 0.6 is 0 Å². The van der Waals surface area contributed by atoms with E-state index in [4.69, 9.17) is 14.2 Å². The summed E-state index contributed by atoms with van der Waals surface area (Å²) in [5, 5.41) is 2.70. The maximum atomic E-state index is 12.9. The lowest BCUT2D eigenvalue weighted by molar-refractivity contribution is 0.0730. The number of carbonyl (C=O) groups excluding carboxylic acids is 1. The lowest BCUT2D eigenvalue weighted by Crippen LogP contribution is -2.40. The first-order valence-corrected chi connectivity index (χ1v) is 14.9. The van der Waals surface area contributed by atoms with E-state index in [-0.39, 0.29) is 34.3 Å². The molecule has 0 bridgehead atoms. The molecule has 0 atom stereocenters. The molecule has 1 amide bonds. The molecule has 11 nitrogen and oxygen atoms in total. The molecule has 2 heterocycles. The zero-order valence-electron chi connectivity index (χ0n) is 20.6. The largest absolute Gasteiger partial charge is 0.496 e. The van der Waals surface area contributed by atoms with E-state index in [0.717, 1.165) is 12.8 Å². The molecular weight excluding hydrogens is 522 g/mol. The second-order valence-electron chi connectivity index (χ2n) is 8.57. The van der Waals surface area contributed by atoms with Crippen LogP contribution in [-0.2, 0) is 24.8 Å². The lowest BCUT2D eigenvalue weighted by Gasteiger charge is -2.26. The van der Waals surface area contributed by atoms with Gasteiger partial charge in [-0.05, 0) is 55.3 Å². The van der Waals surface area contributed by atoms with Crippen molar-refractivity contribution in [2.45, 2.75) is 22.6 Å². The predicted octanol–water partition coefficient (Wildman–Crippen LogP) is 1.31. The van der Waals surface area contributed by atoms with Crippen LogP contribution in [0.2, 0.25) is 0 Å². The Morgan fingerprint density at radius 3 is 2.14 bits per heavy atom. The molecule has 2 saturated heterocycles. The average Bonchev–Trinajstić information content (AvgIpc) is 3.47. The predicted molar refractivity (Wildman–Crippen MR) is 135 cm³/mol. The van der Waals surface area contributed by atoms with Gasteiger partial charge in [0.25, 0.3) is 5.91 Å². The quantitative estimate of drug-likeness (QED) is 0.436. The third-order valence-electron chi connectivity index (χ3n) is 6.21. The van der Waals surface area contributed by atoms with E-state index in [0.29, 0.717) is 45.1 Å². The van der Waals surface area contributed by atoms with Gasteiger partial charge in [0.05, 0.1) is 42.2 Å². The molecule has 0 unspecified atom stereocenters. The van der Waals surface area contributed by atoms with Crippen LogP contribution in [-0.4, -0.2) is 91.0 Å². The number of nitrogens with zero attached hydrogens (tertiary/aromatic N) is 2. The molecule has 2 aromatic carbocycles. The SMILES string of the molecule is COc1ccc(S(=O)(=O)N2CCCC2)cc1C(=O)NCCOc1ccc(S(=O)(=O)N2CCOCC2)cc1. The second-order valence-corrected chi connectivity index (χ2v) is 12.4. The number of benzene rings is 2. The van der Waals surface area contributed by atoms with Gasteiger partial charge in [-0.3, -0.25) is 4.79 Å². The molecule has 4 rings (SSSR count). The number of methoxy groups -OCH3 is 1. The summed E-state index contributed by atoms with van der Waals surface area (Å²) >= 11 is 0. The number of morpholine rings is 1. The number of hydrogen-bond acceptors (Lipinski definition) is 8. The highest BCUT2D eigenvalue weighted by Gasteiger charge is 2.29. The number of sulfonamides is 2. The van der Waals surface area contributed by atoms with Gasteiger partial charge >= 0.3 is 0 Å². The minimum Gasteiger partial charge on any atom is -0.496 e. The standard InChI is InChI=1S/C24H31N3O8S2/c1-33-23-9-8-21(37(31,32)26-11-2-3-12-26)18-22(23)24(28)25-10-15-35-19-4-6-20(7-5-19)36(29,30)27-13-16-34-17-14-27/h4-9,18H,2-3,10-17H2,1H3,(H,25,28). The fourth-order valence-corrected chi connectivity index (χ4v) is 7.13. The monoisotopic (exact) mass is 553 g/mol. The van der Waals surface area contributed by atoms with Crippen molar-refractivity contribution in [1.29, 1.82) is 0 Å². The van der Waals surface area contributed by atoms with Crippen LogP contribution in [0.25, 0.3) is 0 Å². The fourth-order valence-electron chi connectivity index (χ4n) is 4.18. The highest BCUT2D eigenvalue weighted by molar-refractivity contribution is 7.89. The molecule has 37 heavy (non-hydrogen) atoms. The van der Waals surface area contributed by atoms with Crippen molar-refractivity contribution in [3.05, 3.63) is 48.0 Å². The summed E-state index contributed by atoms with van der Waals surface area (Å²) in [4.78, 5) is 13.0. The Morgan fingerprint density at radius 2 is 1.49 bits per heavy atom. The maximum absolute atomic E-state index is 12.9. The van der Waals surface area contributed by atoms with Crippen LogP contribution < -0.4 is 14.8 Å². The van der Waals surface area contributed by atoms with Crippen molar-refractivity contribution in [2.75, 3.05) is 59.7 Å². The summed E-state index contributed by atoms with van der Waals surface area (Å²) in [6.07, 6.45) is 1.63. The van der Waals surface area contributed by atoms with Crippen molar-refractivity contribution >= 4 is 26.0 Å². The number of nitrogens with one attached hydrogen (secondary N) is 1. The molecule has 1 N–H and O–H groups in total. The maximum Gasteiger partial charge on any atom is 0.255 e. The lowest BCUT2D eigenvalue weighted by atomic mass is 10.2. The van der Waals surface area contributed by atoms with Crippen LogP contribution in [0.5, 0.6) is 11.5 Å². The first-order chi connectivity index (χ1) is 17.7. The molecule has 2 aliphatic heterocycles. The third kappa shape index (κ3) is 6.24. The number of ether oxygens (including phenoxy) is 3. The minimum atomic E-state index is -3.68. The molecule has 202 valence electrons. The van der Waals surface area contributed by atoms with Gasteiger partial charge in [0.2, 0.25) is 20.0 Å². The molecule has 13 heteroatoms. The van der Waals surface area contributed by atoms with E-state index in [2.05, 4.69) is 5.32 Å². The van der Waals surface area contributed by atoms with Gasteiger partial charge < -0.3 is 19.5 Å². The van der Waals surface area contributed by atoms with Gasteiger partial charge in [-0.1, -0.05) is 0 Å². The smallest absolute Gasteiger partial charge is 0.255 e. The Morgan fingerprint density at radius 1 is 0.892 bits per heavy atom. The van der Waals surface area contributed by atoms with E-state index < -0.39 is 26.0 Å². The van der Waals surface area contributed by atoms with Crippen LogP contribution in [0.1, 0.15) is 23.2 Å². The fraction of sp³-hybridized carbons (Fsp3) is 0.458. The van der Waals surface area contributed by atoms with Crippen molar-refractivity contribution in [2.24, 2.45) is 0 Å². The molecule has 2 fully saturated rings. The molecule has 0 aliphatic carbocycles. The first-order valence-electron chi connectivity index (χ1n) is 12.0. The summed E-state index contributed by atoms with van der Waals surface area (Å²) in [6.45, 7) is 2.57. The van der Waals surface area contributed by atoms with Gasteiger partial charge in [-0.25, -0.2) is 16.8 Å². The minimum absolute atomic E-state index is 0.0451. The van der Waals surface area contributed by atoms with Gasteiger partial charge in [-0.2, -0.15) is 8.61 Å². The highest BCUT2D eigenvalue weighted by atomic mass is 32.2. The van der Waals surface area contributed by atoms with Gasteiger partial charge in [0.15, 0.2) is 0 Å². The average molecular weight is 554 g/mol. The Bertz CT molecular complexity index is 1300. The first kappa shape index (κ1) is 27.3. The van der Waals surface area contributed by atoms with Gasteiger partial charge in [0, 0.05) is 26.2 Å². The van der Waals surface area contributed by atoms with E-state index in [1.54, 1.807) is 12.1 Å². The molecule has 2 aromatic rings. The normalized spacial score (nSPS) is 17.4. The molecular formula is C24H31N3O8S2. The Balaban J connectivity index is 1.33. The Hall–Kier alpha value is -2.71. The van der Waals surface area contributed by atoms with Gasteiger partial charge in [0.1, 0.15) is 18.1 Å². The van der Waals surface area contributed by atoms with Crippen molar-refractivity contribution < 1.29 is 35.8 Å². The van der Waals surface area contributed by atoms with E-state index in [1.807, 2.05) is 0 Å². The zero-order valence-corrected chi connectivity index (χ0v) is 22.2.